The van der Waals surface area contributed by atoms with Gasteiger partial charge in [-0.1, -0.05) is 13.8 Å². The molecule has 1 aromatic heterocycles. The zero-order valence-electron chi connectivity index (χ0n) is 10.9. The van der Waals surface area contributed by atoms with E-state index < -0.39 is 0 Å². The van der Waals surface area contributed by atoms with E-state index in [1.54, 1.807) is 6.20 Å². The molecule has 0 spiro atoms. The van der Waals surface area contributed by atoms with Gasteiger partial charge < -0.3 is 10.6 Å². The Kier molecular flexibility index (Phi) is 3.91. The van der Waals surface area contributed by atoms with Crippen LogP contribution in [0.25, 0.3) is 0 Å². The Morgan fingerprint density at radius 2 is 2.44 bits per heavy atom. The third-order valence-electron chi connectivity index (χ3n) is 3.82. The van der Waals surface area contributed by atoms with Gasteiger partial charge in [0.1, 0.15) is 6.33 Å². The van der Waals surface area contributed by atoms with Crippen LogP contribution in [0.4, 0.5) is 0 Å². The second-order valence-electron chi connectivity index (χ2n) is 5.12. The highest BCUT2D eigenvalue weighted by atomic mass is 16.2. The number of hydrogen-bond donors (Lipinski definition) is 2. The van der Waals surface area contributed by atoms with Crippen molar-refractivity contribution >= 4 is 5.91 Å². The Hall–Kier alpha value is -1.49. The number of aromatic nitrogens is 2. The normalized spacial score (nSPS) is 23.3. The van der Waals surface area contributed by atoms with Gasteiger partial charge in [0.25, 0.3) is 0 Å². The van der Waals surface area contributed by atoms with Crippen LogP contribution >= 0.6 is 0 Å². The summed E-state index contributed by atoms with van der Waals surface area (Å²) in [6, 6.07) is 1.81. The van der Waals surface area contributed by atoms with Crippen molar-refractivity contribution in [3.05, 3.63) is 24.3 Å². The summed E-state index contributed by atoms with van der Waals surface area (Å²) >= 11 is 0. The summed E-state index contributed by atoms with van der Waals surface area (Å²) in [7, 11) is 0. The van der Waals surface area contributed by atoms with Gasteiger partial charge in [0, 0.05) is 12.7 Å². The van der Waals surface area contributed by atoms with Crippen LogP contribution in [-0.2, 0) is 11.3 Å². The van der Waals surface area contributed by atoms with Crippen molar-refractivity contribution in [2.75, 3.05) is 13.1 Å². The Bertz CT molecular complexity index is 399. The summed E-state index contributed by atoms with van der Waals surface area (Å²) < 4.78 is 0. The fraction of sp³-hybridized carbons (Fsp3) is 0.615. The van der Waals surface area contributed by atoms with Gasteiger partial charge in [0.15, 0.2) is 0 Å². The van der Waals surface area contributed by atoms with Crippen LogP contribution in [-0.4, -0.2) is 29.0 Å². The van der Waals surface area contributed by atoms with Crippen molar-refractivity contribution < 1.29 is 4.79 Å². The van der Waals surface area contributed by atoms with E-state index in [0.29, 0.717) is 12.5 Å². The lowest BCUT2D eigenvalue weighted by molar-refractivity contribution is -0.132. The van der Waals surface area contributed by atoms with Crippen LogP contribution in [0.1, 0.15) is 26.0 Å². The summed E-state index contributed by atoms with van der Waals surface area (Å²) in [6.45, 7) is 6.36. The van der Waals surface area contributed by atoms with Gasteiger partial charge in [-0.25, -0.2) is 9.97 Å². The van der Waals surface area contributed by atoms with Crippen molar-refractivity contribution in [1.82, 2.24) is 20.6 Å². The molecular formula is C13H20N4O. The maximum atomic E-state index is 12.4. The summed E-state index contributed by atoms with van der Waals surface area (Å²) in [6.07, 6.45) is 4.08. The highest BCUT2D eigenvalue weighted by Gasteiger charge is 2.43. The molecule has 1 saturated heterocycles. The molecular weight excluding hydrogens is 228 g/mol. The molecule has 1 amide bonds. The molecule has 0 bridgehead atoms. The monoisotopic (exact) mass is 248 g/mol. The molecule has 1 fully saturated rings. The van der Waals surface area contributed by atoms with Crippen molar-refractivity contribution in [3.8, 4) is 0 Å². The molecule has 0 aromatic carbocycles. The van der Waals surface area contributed by atoms with Crippen molar-refractivity contribution in [2.24, 2.45) is 11.3 Å². The molecule has 1 aromatic rings. The summed E-state index contributed by atoms with van der Waals surface area (Å²) in [5.74, 6) is 0.457. The number of rotatable bonds is 4. The van der Waals surface area contributed by atoms with Gasteiger partial charge in [-0.2, -0.15) is 0 Å². The second kappa shape index (κ2) is 5.44. The van der Waals surface area contributed by atoms with Crippen LogP contribution in [0, 0.1) is 11.3 Å². The molecule has 1 unspecified atom stereocenters. The molecule has 98 valence electrons. The number of amides is 1. The van der Waals surface area contributed by atoms with E-state index >= 15 is 0 Å². The SMILES string of the molecule is CC(C)C1(C(=O)NCc2ccncn2)CCNC1. The third-order valence-corrected chi connectivity index (χ3v) is 3.82. The molecule has 1 aliphatic rings. The first-order valence-electron chi connectivity index (χ1n) is 6.39. The summed E-state index contributed by atoms with van der Waals surface area (Å²) in [4.78, 5) is 20.3. The van der Waals surface area contributed by atoms with E-state index in [0.717, 1.165) is 25.2 Å². The Labute approximate surface area is 107 Å². The Morgan fingerprint density at radius 3 is 3.00 bits per heavy atom. The van der Waals surface area contributed by atoms with E-state index in [9.17, 15) is 4.79 Å². The zero-order valence-corrected chi connectivity index (χ0v) is 10.9. The minimum absolute atomic E-state index is 0.126. The average molecular weight is 248 g/mol. The number of carbonyl (C=O) groups is 1. The highest BCUT2D eigenvalue weighted by Crippen LogP contribution is 2.34. The van der Waals surface area contributed by atoms with E-state index in [1.165, 1.54) is 6.33 Å². The zero-order chi connectivity index (χ0) is 13.0. The number of nitrogens with zero attached hydrogens (tertiary/aromatic N) is 2. The Balaban J connectivity index is 1.98. The van der Waals surface area contributed by atoms with Crippen molar-refractivity contribution in [1.29, 1.82) is 0 Å². The maximum absolute atomic E-state index is 12.4. The topological polar surface area (TPSA) is 66.9 Å². The number of hydrogen-bond acceptors (Lipinski definition) is 4. The van der Waals surface area contributed by atoms with Crippen molar-refractivity contribution in [2.45, 2.75) is 26.8 Å². The molecule has 1 atom stereocenters. The maximum Gasteiger partial charge on any atom is 0.228 e. The molecule has 18 heavy (non-hydrogen) atoms. The van der Waals surface area contributed by atoms with Crippen LogP contribution < -0.4 is 10.6 Å². The first kappa shape index (κ1) is 13.0. The van der Waals surface area contributed by atoms with Gasteiger partial charge in [-0.05, 0) is 24.9 Å². The predicted octanol–water partition coefficient (Wildman–Crippen LogP) is 0.728. The molecule has 5 nitrogen and oxygen atoms in total. The molecule has 0 saturated carbocycles. The van der Waals surface area contributed by atoms with Gasteiger partial charge in [0.2, 0.25) is 5.91 Å². The van der Waals surface area contributed by atoms with E-state index in [4.69, 9.17) is 0 Å². The molecule has 0 radical (unpaired) electrons. The first-order valence-corrected chi connectivity index (χ1v) is 6.39. The van der Waals surface area contributed by atoms with Gasteiger partial charge in [-0.15, -0.1) is 0 Å². The van der Waals surface area contributed by atoms with E-state index in [-0.39, 0.29) is 11.3 Å². The number of nitrogens with one attached hydrogen (secondary N) is 2. The van der Waals surface area contributed by atoms with Crippen LogP contribution in [0.5, 0.6) is 0 Å². The molecule has 2 rings (SSSR count). The van der Waals surface area contributed by atoms with Gasteiger partial charge >= 0.3 is 0 Å². The highest BCUT2D eigenvalue weighted by molar-refractivity contribution is 5.83. The lowest BCUT2D eigenvalue weighted by Crippen LogP contribution is -2.45. The van der Waals surface area contributed by atoms with Crippen LogP contribution in [0.15, 0.2) is 18.6 Å². The van der Waals surface area contributed by atoms with E-state index in [1.807, 2.05) is 6.07 Å². The lowest BCUT2D eigenvalue weighted by atomic mass is 9.75. The van der Waals surface area contributed by atoms with Crippen LogP contribution in [0.3, 0.4) is 0 Å². The third kappa shape index (κ3) is 2.51. The lowest BCUT2D eigenvalue weighted by Gasteiger charge is -2.31. The molecule has 1 aliphatic heterocycles. The van der Waals surface area contributed by atoms with Gasteiger partial charge in [-0.3, -0.25) is 4.79 Å². The minimum atomic E-state index is -0.271. The first-order chi connectivity index (χ1) is 8.65. The minimum Gasteiger partial charge on any atom is -0.350 e. The molecule has 0 aliphatic carbocycles. The second-order valence-corrected chi connectivity index (χ2v) is 5.12. The fourth-order valence-corrected chi connectivity index (χ4v) is 2.43. The largest absolute Gasteiger partial charge is 0.350 e. The smallest absolute Gasteiger partial charge is 0.228 e. The molecule has 5 heteroatoms. The van der Waals surface area contributed by atoms with E-state index in [2.05, 4.69) is 34.4 Å². The fourth-order valence-electron chi connectivity index (χ4n) is 2.43. The molecule has 2 N–H and O–H groups in total. The molecule has 2 heterocycles. The number of carbonyl (C=O) groups excluding carboxylic acids is 1. The van der Waals surface area contributed by atoms with Crippen LogP contribution in [0.2, 0.25) is 0 Å². The predicted molar refractivity (Wildman–Crippen MR) is 68.6 cm³/mol. The Morgan fingerprint density at radius 1 is 1.61 bits per heavy atom. The summed E-state index contributed by atoms with van der Waals surface area (Å²) in [5.41, 5.74) is 0.566. The summed E-state index contributed by atoms with van der Waals surface area (Å²) in [5, 5.41) is 6.28. The quantitative estimate of drug-likeness (QED) is 0.824. The van der Waals surface area contributed by atoms with Crippen molar-refractivity contribution in [3.63, 3.8) is 0 Å². The van der Waals surface area contributed by atoms with Gasteiger partial charge in [0.05, 0.1) is 17.7 Å². The standard InChI is InChI=1S/C13H20N4O/c1-10(2)13(4-6-14-8-13)12(18)16-7-11-3-5-15-9-17-11/h3,5,9-10,14H,4,6-8H2,1-2H3,(H,16,18). The average Bonchev–Trinajstić information content (AvgIpc) is 2.88.